The molecule has 0 radical (unpaired) electrons. The minimum atomic E-state index is -0.749. The molecule has 1 aromatic carbocycles. The van der Waals surface area contributed by atoms with Crippen LogP contribution in [-0.4, -0.2) is 15.7 Å². The average Bonchev–Trinajstić information content (AvgIpc) is 2.41. The number of hydrogen-bond acceptors (Lipinski definition) is 3. The van der Waals surface area contributed by atoms with Gasteiger partial charge in [-0.15, -0.1) is 0 Å². The van der Waals surface area contributed by atoms with Crippen LogP contribution in [0.15, 0.2) is 27.5 Å². The van der Waals surface area contributed by atoms with Gasteiger partial charge in [0.25, 0.3) is 11.5 Å². The highest BCUT2D eigenvalue weighted by molar-refractivity contribution is 9.10. The highest BCUT2D eigenvalue weighted by Gasteiger charge is 2.18. The van der Waals surface area contributed by atoms with Gasteiger partial charge in [-0.1, -0.05) is 22.0 Å². The van der Waals surface area contributed by atoms with E-state index in [9.17, 15) is 14.0 Å². The van der Waals surface area contributed by atoms with Crippen molar-refractivity contribution in [2.45, 2.75) is 13.3 Å². The Kier molecular flexibility index (Phi) is 4.22. The van der Waals surface area contributed by atoms with E-state index in [-0.39, 0.29) is 17.7 Å². The smallest absolute Gasteiger partial charge is 0.269 e. The minimum absolute atomic E-state index is 0.0167. The molecule has 0 spiro atoms. The van der Waals surface area contributed by atoms with Gasteiger partial charge in [-0.2, -0.15) is 5.10 Å². The van der Waals surface area contributed by atoms with Gasteiger partial charge < -0.3 is 5.73 Å². The van der Waals surface area contributed by atoms with E-state index in [2.05, 4.69) is 21.0 Å². The number of aryl methyl sites for hydroxylation is 1. The van der Waals surface area contributed by atoms with E-state index >= 15 is 0 Å². The second-order valence-corrected chi connectivity index (χ2v) is 5.57. The van der Waals surface area contributed by atoms with Crippen LogP contribution in [0.4, 0.5) is 4.39 Å². The monoisotopic (exact) mass is 353 g/mol. The zero-order valence-electron chi connectivity index (χ0n) is 11.5. The third-order valence-corrected chi connectivity index (χ3v) is 3.71. The summed E-state index contributed by atoms with van der Waals surface area (Å²) in [4.78, 5) is 23.5. The minimum Gasteiger partial charge on any atom is -0.364 e. The molecule has 0 saturated heterocycles. The fourth-order valence-electron chi connectivity index (χ4n) is 2.07. The lowest BCUT2D eigenvalue weighted by atomic mass is 9.99. The molecule has 0 atom stereocenters. The summed E-state index contributed by atoms with van der Waals surface area (Å²) in [5.74, 6) is -1.18. The molecule has 0 aliphatic carbocycles. The van der Waals surface area contributed by atoms with E-state index < -0.39 is 11.7 Å². The van der Waals surface area contributed by atoms with Crippen LogP contribution in [0.2, 0.25) is 0 Å². The Morgan fingerprint density at radius 3 is 2.71 bits per heavy atom. The van der Waals surface area contributed by atoms with Gasteiger partial charge in [0.05, 0.1) is 0 Å². The van der Waals surface area contributed by atoms with Gasteiger partial charge in [0.15, 0.2) is 5.69 Å². The molecule has 2 rings (SSSR count). The zero-order valence-corrected chi connectivity index (χ0v) is 13.1. The summed E-state index contributed by atoms with van der Waals surface area (Å²) in [6.45, 7) is 1.57. The molecule has 7 heteroatoms. The van der Waals surface area contributed by atoms with Gasteiger partial charge >= 0.3 is 0 Å². The summed E-state index contributed by atoms with van der Waals surface area (Å²) in [6, 6.07) is 4.59. The van der Waals surface area contributed by atoms with Crippen LogP contribution >= 0.6 is 15.9 Å². The Morgan fingerprint density at radius 2 is 2.14 bits per heavy atom. The molecule has 5 nitrogen and oxygen atoms in total. The summed E-state index contributed by atoms with van der Waals surface area (Å²) in [7, 11) is 1.44. The molecular formula is C14H13BrFN3O2. The van der Waals surface area contributed by atoms with Crippen molar-refractivity contribution in [3.8, 4) is 0 Å². The van der Waals surface area contributed by atoms with Gasteiger partial charge in [-0.3, -0.25) is 9.59 Å². The quantitative estimate of drug-likeness (QED) is 0.911. The molecular weight excluding hydrogens is 341 g/mol. The highest BCUT2D eigenvalue weighted by Crippen LogP contribution is 2.20. The highest BCUT2D eigenvalue weighted by atomic mass is 79.9. The Hall–Kier alpha value is -2.02. The maximum atomic E-state index is 13.9. The number of rotatable bonds is 3. The first-order chi connectivity index (χ1) is 9.81. The molecule has 0 fully saturated rings. The second-order valence-electron chi connectivity index (χ2n) is 4.66. The standard InChI is InChI=1S/C14H13BrFN3O2/c1-7-10(5-8-3-4-9(15)6-11(8)16)12(13(17)20)18-19(2)14(7)21/h3-4,6H,5H2,1-2H3,(H2,17,20). The summed E-state index contributed by atoms with van der Waals surface area (Å²) < 4.78 is 15.6. The van der Waals surface area contributed by atoms with E-state index in [1.165, 1.54) is 13.1 Å². The summed E-state index contributed by atoms with van der Waals surface area (Å²) in [5, 5.41) is 3.87. The molecule has 1 amide bonds. The van der Waals surface area contributed by atoms with Crippen molar-refractivity contribution in [3.05, 3.63) is 61.2 Å². The van der Waals surface area contributed by atoms with Crippen LogP contribution in [-0.2, 0) is 13.5 Å². The number of nitrogens with two attached hydrogens (primary N) is 1. The summed E-state index contributed by atoms with van der Waals surface area (Å²) in [6.07, 6.45) is 0.0757. The Balaban J connectivity index is 2.60. The fraction of sp³-hybridized carbons (Fsp3) is 0.214. The van der Waals surface area contributed by atoms with E-state index in [4.69, 9.17) is 5.73 Å². The van der Waals surface area contributed by atoms with Crippen LogP contribution < -0.4 is 11.3 Å². The predicted octanol–water partition coefficient (Wildman–Crippen LogP) is 1.68. The molecule has 1 aromatic heterocycles. The first-order valence-electron chi connectivity index (χ1n) is 6.11. The molecule has 2 N–H and O–H groups in total. The molecule has 1 heterocycles. The molecule has 0 unspecified atom stereocenters. The Bertz CT molecular complexity index is 787. The molecule has 0 aliphatic rings. The lowest BCUT2D eigenvalue weighted by molar-refractivity contribution is 0.0992. The molecule has 0 aliphatic heterocycles. The molecule has 0 bridgehead atoms. The number of hydrogen-bond donors (Lipinski definition) is 1. The topological polar surface area (TPSA) is 78.0 Å². The number of amides is 1. The summed E-state index contributed by atoms with van der Waals surface area (Å²) >= 11 is 3.18. The number of nitrogens with zero attached hydrogens (tertiary/aromatic N) is 2. The third kappa shape index (κ3) is 3.02. The van der Waals surface area contributed by atoms with Gasteiger partial charge in [-0.05, 0) is 30.2 Å². The van der Waals surface area contributed by atoms with Gasteiger partial charge in [0.2, 0.25) is 0 Å². The fourth-order valence-corrected chi connectivity index (χ4v) is 2.41. The van der Waals surface area contributed by atoms with Crippen molar-refractivity contribution in [1.29, 1.82) is 0 Å². The lowest BCUT2D eigenvalue weighted by Gasteiger charge is -2.11. The average molecular weight is 354 g/mol. The lowest BCUT2D eigenvalue weighted by Crippen LogP contribution is -2.29. The number of benzene rings is 1. The number of primary amides is 1. The maximum absolute atomic E-state index is 13.9. The number of carbonyl (C=O) groups is 1. The first kappa shape index (κ1) is 15.4. The molecule has 110 valence electrons. The summed E-state index contributed by atoms with van der Waals surface area (Å²) in [5.41, 5.74) is 5.99. The zero-order chi connectivity index (χ0) is 15.7. The van der Waals surface area contributed by atoms with Crippen LogP contribution in [0.5, 0.6) is 0 Å². The van der Waals surface area contributed by atoms with Crippen molar-refractivity contribution in [2.75, 3.05) is 0 Å². The maximum Gasteiger partial charge on any atom is 0.269 e. The normalized spacial score (nSPS) is 10.7. The molecule has 0 saturated carbocycles. The molecule has 2 aromatic rings. The van der Waals surface area contributed by atoms with Crippen molar-refractivity contribution in [3.63, 3.8) is 0 Å². The van der Waals surface area contributed by atoms with Crippen molar-refractivity contribution >= 4 is 21.8 Å². The van der Waals surface area contributed by atoms with Gasteiger partial charge in [0.1, 0.15) is 5.82 Å². The van der Waals surface area contributed by atoms with E-state index in [0.29, 0.717) is 21.2 Å². The van der Waals surface area contributed by atoms with E-state index in [0.717, 1.165) is 4.68 Å². The molecule has 21 heavy (non-hydrogen) atoms. The second kappa shape index (κ2) is 5.77. The Labute approximate surface area is 128 Å². The van der Waals surface area contributed by atoms with Gasteiger partial charge in [-0.25, -0.2) is 9.07 Å². The Morgan fingerprint density at radius 1 is 1.48 bits per heavy atom. The van der Waals surface area contributed by atoms with E-state index in [1.54, 1.807) is 19.1 Å². The van der Waals surface area contributed by atoms with Crippen LogP contribution in [0.1, 0.15) is 27.2 Å². The van der Waals surface area contributed by atoms with Crippen LogP contribution in [0, 0.1) is 12.7 Å². The number of halogens is 2. The van der Waals surface area contributed by atoms with Crippen molar-refractivity contribution in [1.82, 2.24) is 9.78 Å². The predicted molar refractivity (Wildman–Crippen MR) is 79.6 cm³/mol. The number of aromatic nitrogens is 2. The van der Waals surface area contributed by atoms with Crippen molar-refractivity contribution in [2.24, 2.45) is 12.8 Å². The van der Waals surface area contributed by atoms with Crippen LogP contribution in [0.25, 0.3) is 0 Å². The largest absolute Gasteiger partial charge is 0.364 e. The third-order valence-electron chi connectivity index (χ3n) is 3.22. The van der Waals surface area contributed by atoms with Crippen LogP contribution in [0.3, 0.4) is 0 Å². The first-order valence-corrected chi connectivity index (χ1v) is 6.91. The van der Waals surface area contributed by atoms with E-state index in [1.807, 2.05) is 0 Å². The van der Waals surface area contributed by atoms with Crippen molar-refractivity contribution < 1.29 is 9.18 Å². The SMILES string of the molecule is Cc1c(Cc2ccc(Br)cc2F)c(C(N)=O)nn(C)c1=O. The number of carbonyl (C=O) groups excluding carboxylic acids is 1. The van der Waals surface area contributed by atoms with Gasteiger partial charge in [0, 0.05) is 23.5 Å².